The molecule has 0 aliphatic carbocycles. The number of hydrogen-bond acceptors (Lipinski definition) is 2. The van der Waals surface area contributed by atoms with E-state index in [1.807, 2.05) is 0 Å². The third-order valence-corrected chi connectivity index (χ3v) is 2.43. The fraction of sp³-hybridized carbons (Fsp3) is 0.800. The summed E-state index contributed by atoms with van der Waals surface area (Å²) in [7, 11) is 1.65. The third kappa shape index (κ3) is 4.65. The van der Waals surface area contributed by atoms with E-state index in [1.165, 1.54) is 4.90 Å². The highest BCUT2D eigenvalue weighted by Crippen LogP contribution is 2.10. The summed E-state index contributed by atoms with van der Waals surface area (Å²) < 4.78 is 0. The summed E-state index contributed by atoms with van der Waals surface area (Å²) in [6, 6.07) is 0. The Morgan fingerprint density at radius 2 is 2.08 bits per heavy atom. The molecule has 1 unspecified atom stereocenters. The Bertz CT molecular complexity index is 189. The molecule has 0 fully saturated rings. The molecule has 0 spiro atoms. The van der Waals surface area contributed by atoms with Gasteiger partial charge in [-0.25, -0.2) is 0 Å². The first-order valence-corrected chi connectivity index (χ1v) is 4.80. The van der Waals surface area contributed by atoms with Crippen molar-refractivity contribution in [2.75, 3.05) is 7.05 Å². The summed E-state index contributed by atoms with van der Waals surface area (Å²) in [4.78, 5) is 12.8. The van der Waals surface area contributed by atoms with Crippen LogP contribution in [0.2, 0.25) is 0 Å². The molecular weight excluding hydrogens is 164 g/mol. The first-order valence-electron chi connectivity index (χ1n) is 4.80. The smallest absolute Gasteiger partial charge is 0.227 e. The number of amides is 1. The molecule has 0 bridgehead atoms. The maximum Gasteiger partial charge on any atom is 0.227 e. The molecule has 0 rings (SSSR count). The van der Waals surface area contributed by atoms with Gasteiger partial charge in [0.05, 0.1) is 5.84 Å². The molecule has 76 valence electrons. The lowest BCUT2D eigenvalue weighted by Crippen LogP contribution is -2.30. The fourth-order valence-electron chi connectivity index (χ4n) is 0.929. The highest BCUT2D eigenvalue weighted by molar-refractivity contribution is 5.95. The van der Waals surface area contributed by atoms with Gasteiger partial charge >= 0.3 is 0 Å². The Morgan fingerprint density at radius 1 is 1.54 bits per heavy atom. The molecule has 1 atom stereocenters. The van der Waals surface area contributed by atoms with Crippen molar-refractivity contribution >= 4 is 11.7 Å². The number of nitrogens with one attached hydrogen (secondary N) is 1. The quantitative estimate of drug-likeness (QED) is 0.528. The van der Waals surface area contributed by atoms with Gasteiger partial charge in [0.25, 0.3) is 0 Å². The highest BCUT2D eigenvalue weighted by Gasteiger charge is 2.11. The zero-order valence-electron chi connectivity index (χ0n) is 9.05. The normalized spacial score (nSPS) is 12.3. The summed E-state index contributed by atoms with van der Waals surface area (Å²) in [6.07, 6.45) is 2.59. The molecular formula is C10H20N2O. The Morgan fingerprint density at radius 3 is 2.46 bits per heavy atom. The SMILES string of the molecule is CCC(C)CCC(=O)N(C)C(C)=N. The average Bonchev–Trinajstić information content (AvgIpc) is 2.11. The number of hydrogen-bond donors (Lipinski definition) is 1. The van der Waals surface area contributed by atoms with E-state index in [9.17, 15) is 4.79 Å². The van der Waals surface area contributed by atoms with Crippen LogP contribution in [0.4, 0.5) is 0 Å². The molecule has 1 amide bonds. The Labute approximate surface area is 80.6 Å². The van der Waals surface area contributed by atoms with Crippen LogP contribution < -0.4 is 0 Å². The predicted molar refractivity (Wildman–Crippen MR) is 54.9 cm³/mol. The van der Waals surface area contributed by atoms with E-state index >= 15 is 0 Å². The van der Waals surface area contributed by atoms with Crippen LogP contribution in [0.25, 0.3) is 0 Å². The van der Waals surface area contributed by atoms with Gasteiger partial charge in [0.2, 0.25) is 5.91 Å². The van der Waals surface area contributed by atoms with Crippen LogP contribution in [0.5, 0.6) is 0 Å². The number of amidine groups is 1. The third-order valence-electron chi connectivity index (χ3n) is 2.43. The number of rotatable bonds is 4. The van der Waals surface area contributed by atoms with Crippen molar-refractivity contribution in [1.29, 1.82) is 5.41 Å². The van der Waals surface area contributed by atoms with E-state index in [4.69, 9.17) is 5.41 Å². The first-order chi connectivity index (χ1) is 5.99. The second-order valence-corrected chi connectivity index (χ2v) is 3.59. The van der Waals surface area contributed by atoms with Crippen molar-refractivity contribution in [3.63, 3.8) is 0 Å². The second kappa shape index (κ2) is 5.73. The van der Waals surface area contributed by atoms with Crippen molar-refractivity contribution in [3.8, 4) is 0 Å². The standard InChI is InChI=1S/C10H20N2O/c1-5-8(2)6-7-10(13)12(4)9(3)11/h8,11H,5-7H2,1-4H3. The van der Waals surface area contributed by atoms with Gasteiger partial charge in [-0.3, -0.25) is 10.2 Å². The van der Waals surface area contributed by atoms with Crippen molar-refractivity contribution in [1.82, 2.24) is 4.90 Å². The van der Waals surface area contributed by atoms with Gasteiger partial charge in [0.15, 0.2) is 0 Å². The molecule has 3 heteroatoms. The van der Waals surface area contributed by atoms with Crippen molar-refractivity contribution in [3.05, 3.63) is 0 Å². The van der Waals surface area contributed by atoms with E-state index in [1.54, 1.807) is 14.0 Å². The predicted octanol–water partition coefficient (Wildman–Crippen LogP) is 2.27. The molecule has 0 radical (unpaired) electrons. The summed E-state index contributed by atoms with van der Waals surface area (Å²) in [5.41, 5.74) is 0. The van der Waals surface area contributed by atoms with Crippen LogP contribution >= 0.6 is 0 Å². The average molecular weight is 184 g/mol. The minimum atomic E-state index is 0.0489. The zero-order chi connectivity index (χ0) is 10.4. The summed E-state index contributed by atoms with van der Waals surface area (Å²) in [5.74, 6) is 0.963. The van der Waals surface area contributed by atoms with Crippen LogP contribution in [0.1, 0.15) is 40.0 Å². The lowest BCUT2D eigenvalue weighted by atomic mass is 10.0. The lowest BCUT2D eigenvalue weighted by molar-refractivity contribution is -0.126. The first kappa shape index (κ1) is 12.1. The minimum Gasteiger partial charge on any atom is -0.304 e. The van der Waals surface area contributed by atoms with E-state index in [2.05, 4.69) is 13.8 Å². The number of nitrogens with zero attached hydrogens (tertiary/aromatic N) is 1. The lowest BCUT2D eigenvalue weighted by Gasteiger charge is -2.16. The van der Waals surface area contributed by atoms with Crippen LogP contribution in [-0.2, 0) is 4.79 Å². The summed E-state index contributed by atoms with van der Waals surface area (Å²) in [6.45, 7) is 5.90. The summed E-state index contributed by atoms with van der Waals surface area (Å²) in [5, 5.41) is 7.27. The number of carbonyl (C=O) groups excluding carboxylic acids is 1. The Hall–Kier alpha value is -0.860. The molecule has 0 saturated heterocycles. The van der Waals surface area contributed by atoms with Crippen LogP contribution in [0.3, 0.4) is 0 Å². The largest absolute Gasteiger partial charge is 0.304 e. The zero-order valence-corrected chi connectivity index (χ0v) is 9.05. The molecule has 0 heterocycles. The maximum atomic E-state index is 11.4. The van der Waals surface area contributed by atoms with Gasteiger partial charge in [-0.15, -0.1) is 0 Å². The van der Waals surface area contributed by atoms with Crippen LogP contribution in [-0.4, -0.2) is 23.7 Å². The molecule has 1 N–H and O–H groups in total. The van der Waals surface area contributed by atoms with E-state index < -0.39 is 0 Å². The van der Waals surface area contributed by atoms with Gasteiger partial charge in [-0.2, -0.15) is 0 Å². The van der Waals surface area contributed by atoms with E-state index in [0.717, 1.165) is 12.8 Å². The molecule has 0 aliphatic heterocycles. The summed E-state index contributed by atoms with van der Waals surface area (Å²) >= 11 is 0. The maximum absolute atomic E-state index is 11.4. The molecule has 13 heavy (non-hydrogen) atoms. The molecule has 0 aromatic carbocycles. The minimum absolute atomic E-state index is 0.0489. The van der Waals surface area contributed by atoms with Gasteiger partial charge in [-0.1, -0.05) is 20.3 Å². The molecule has 0 aliphatic rings. The Balaban J connectivity index is 3.81. The van der Waals surface area contributed by atoms with Gasteiger partial charge in [0.1, 0.15) is 0 Å². The van der Waals surface area contributed by atoms with Gasteiger partial charge < -0.3 is 4.90 Å². The van der Waals surface area contributed by atoms with Crippen LogP contribution in [0, 0.1) is 11.3 Å². The van der Waals surface area contributed by atoms with Gasteiger partial charge in [0, 0.05) is 13.5 Å². The highest BCUT2D eigenvalue weighted by atomic mass is 16.2. The molecule has 0 aromatic rings. The molecule has 3 nitrogen and oxygen atoms in total. The van der Waals surface area contributed by atoms with Crippen molar-refractivity contribution in [2.24, 2.45) is 5.92 Å². The van der Waals surface area contributed by atoms with Crippen LogP contribution in [0.15, 0.2) is 0 Å². The van der Waals surface area contributed by atoms with Gasteiger partial charge in [-0.05, 0) is 19.3 Å². The fourth-order valence-corrected chi connectivity index (χ4v) is 0.929. The number of carbonyl (C=O) groups is 1. The second-order valence-electron chi connectivity index (χ2n) is 3.59. The molecule has 0 aromatic heterocycles. The van der Waals surface area contributed by atoms with Crippen molar-refractivity contribution < 1.29 is 4.79 Å². The monoisotopic (exact) mass is 184 g/mol. The van der Waals surface area contributed by atoms with E-state index in [0.29, 0.717) is 18.2 Å². The van der Waals surface area contributed by atoms with Crippen molar-refractivity contribution in [2.45, 2.75) is 40.0 Å². The Kier molecular flexibility index (Phi) is 5.35. The molecule has 0 saturated carbocycles. The topological polar surface area (TPSA) is 44.2 Å². The van der Waals surface area contributed by atoms with E-state index in [-0.39, 0.29) is 5.91 Å².